The molecule has 1 aromatic carbocycles. The number of fused-ring (bicyclic) bond motifs is 3. The smallest absolute Gasteiger partial charge is 0.251 e. The quantitative estimate of drug-likeness (QED) is 0.729. The number of amides is 1. The zero-order chi connectivity index (χ0) is 18.4. The summed E-state index contributed by atoms with van der Waals surface area (Å²) < 4.78 is 1.89. The van der Waals surface area contributed by atoms with Crippen LogP contribution in [0.2, 0.25) is 0 Å². The van der Waals surface area contributed by atoms with Crippen LogP contribution in [0, 0.1) is 0 Å². The predicted octanol–water partition coefficient (Wildman–Crippen LogP) is 2.16. The zero-order valence-electron chi connectivity index (χ0n) is 15.2. The van der Waals surface area contributed by atoms with Gasteiger partial charge in [-0.05, 0) is 50.9 Å². The SMILES string of the molecule is O=C1CCCCN1c1cccc2nn3c(C4CCNCC4)cc(=O)[nH]c3c12. The number of hydrogen-bond donors (Lipinski definition) is 2. The van der Waals surface area contributed by atoms with Gasteiger partial charge in [0.2, 0.25) is 5.91 Å². The molecule has 5 rings (SSSR count). The number of nitrogens with zero attached hydrogens (tertiary/aromatic N) is 3. The summed E-state index contributed by atoms with van der Waals surface area (Å²) in [4.78, 5) is 29.8. The molecule has 2 aromatic heterocycles. The van der Waals surface area contributed by atoms with Crippen LogP contribution in [-0.2, 0) is 4.79 Å². The molecule has 2 saturated heterocycles. The minimum absolute atomic E-state index is 0.113. The lowest BCUT2D eigenvalue weighted by atomic mass is 9.94. The number of aromatic nitrogens is 3. The van der Waals surface area contributed by atoms with E-state index >= 15 is 0 Å². The molecule has 7 nitrogen and oxygen atoms in total. The Morgan fingerprint density at radius 1 is 1.11 bits per heavy atom. The average molecular weight is 365 g/mol. The molecule has 7 heteroatoms. The molecular formula is C20H23N5O2. The van der Waals surface area contributed by atoms with Gasteiger partial charge in [0.25, 0.3) is 5.56 Å². The van der Waals surface area contributed by atoms with Crippen molar-refractivity contribution in [3.8, 4) is 0 Å². The van der Waals surface area contributed by atoms with Crippen molar-refractivity contribution >= 4 is 28.1 Å². The fourth-order valence-corrected chi connectivity index (χ4v) is 4.46. The van der Waals surface area contributed by atoms with Gasteiger partial charge in [-0.3, -0.25) is 9.59 Å². The summed E-state index contributed by atoms with van der Waals surface area (Å²) in [5.41, 5.74) is 3.20. The second-order valence-corrected chi connectivity index (χ2v) is 7.52. The number of carbonyl (C=O) groups excluding carboxylic acids is 1. The first-order chi connectivity index (χ1) is 13.2. The normalized spacial score (nSPS) is 19.3. The van der Waals surface area contributed by atoms with Crippen LogP contribution < -0.4 is 15.8 Å². The van der Waals surface area contributed by atoms with E-state index in [9.17, 15) is 9.59 Å². The van der Waals surface area contributed by atoms with Gasteiger partial charge in [0.15, 0.2) is 0 Å². The number of hydrogen-bond acceptors (Lipinski definition) is 4. The molecule has 3 aromatic rings. The number of H-pyrrole nitrogens is 1. The maximum Gasteiger partial charge on any atom is 0.251 e. The predicted molar refractivity (Wildman–Crippen MR) is 104 cm³/mol. The summed E-state index contributed by atoms with van der Waals surface area (Å²) in [6, 6.07) is 7.53. The number of anilines is 1. The Balaban J connectivity index is 1.75. The van der Waals surface area contributed by atoms with E-state index < -0.39 is 0 Å². The molecule has 0 saturated carbocycles. The second kappa shape index (κ2) is 6.49. The fraction of sp³-hybridized carbons (Fsp3) is 0.450. The fourth-order valence-electron chi connectivity index (χ4n) is 4.46. The van der Waals surface area contributed by atoms with E-state index in [1.807, 2.05) is 27.6 Å². The Hall–Kier alpha value is -2.67. The molecule has 2 N–H and O–H groups in total. The maximum absolute atomic E-state index is 12.5. The van der Waals surface area contributed by atoms with Crippen molar-refractivity contribution in [3.63, 3.8) is 0 Å². The van der Waals surface area contributed by atoms with Crippen molar-refractivity contribution in [2.24, 2.45) is 0 Å². The molecule has 2 fully saturated rings. The Morgan fingerprint density at radius 3 is 2.78 bits per heavy atom. The minimum atomic E-state index is -0.113. The van der Waals surface area contributed by atoms with Crippen LogP contribution in [-0.4, -0.2) is 40.1 Å². The van der Waals surface area contributed by atoms with E-state index in [0.717, 1.165) is 61.1 Å². The third-order valence-corrected chi connectivity index (χ3v) is 5.81. The van der Waals surface area contributed by atoms with E-state index in [-0.39, 0.29) is 11.5 Å². The van der Waals surface area contributed by atoms with Crippen molar-refractivity contribution in [1.29, 1.82) is 0 Å². The first kappa shape index (κ1) is 16.5. The largest absolute Gasteiger partial charge is 0.317 e. The van der Waals surface area contributed by atoms with E-state index in [2.05, 4.69) is 10.3 Å². The van der Waals surface area contributed by atoms with Gasteiger partial charge in [0.05, 0.1) is 22.3 Å². The average Bonchev–Trinajstić information content (AvgIpc) is 3.07. The van der Waals surface area contributed by atoms with Gasteiger partial charge in [0.1, 0.15) is 5.65 Å². The van der Waals surface area contributed by atoms with Crippen LogP contribution in [0.3, 0.4) is 0 Å². The standard InChI is InChI=1S/C20H23N5O2/c26-17-12-16(13-7-9-21-10-8-13)25-20(22-17)19-14(23-25)4-3-5-15(19)24-11-2-1-6-18(24)27/h3-5,12-13,21H,1-2,6-11H2,(H,22,26). The molecule has 0 aliphatic carbocycles. The van der Waals surface area contributed by atoms with Crippen molar-refractivity contribution in [1.82, 2.24) is 19.9 Å². The molecule has 0 spiro atoms. The van der Waals surface area contributed by atoms with Gasteiger partial charge < -0.3 is 15.2 Å². The number of nitrogens with one attached hydrogen (secondary N) is 2. The van der Waals surface area contributed by atoms with Gasteiger partial charge >= 0.3 is 0 Å². The van der Waals surface area contributed by atoms with Crippen molar-refractivity contribution in [3.05, 3.63) is 40.3 Å². The number of benzene rings is 1. The highest BCUT2D eigenvalue weighted by Crippen LogP contribution is 2.33. The van der Waals surface area contributed by atoms with Gasteiger partial charge in [-0.2, -0.15) is 5.10 Å². The highest BCUT2D eigenvalue weighted by Gasteiger charge is 2.25. The van der Waals surface area contributed by atoms with Crippen LogP contribution in [0.25, 0.3) is 16.6 Å². The van der Waals surface area contributed by atoms with Crippen LogP contribution >= 0.6 is 0 Å². The van der Waals surface area contributed by atoms with Crippen LogP contribution in [0.5, 0.6) is 0 Å². The third kappa shape index (κ3) is 2.73. The number of aromatic amines is 1. The van der Waals surface area contributed by atoms with E-state index in [1.165, 1.54) is 0 Å². The molecule has 1 amide bonds. The topological polar surface area (TPSA) is 82.5 Å². The lowest BCUT2D eigenvalue weighted by Gasteiger charge is -2.27. The first-order valence-electron chi connectivity index (χ1n) is 9.78. The summed E-state index contributed by atoms with van der Waals surface area (Å²) in [6.07, 6.45) is 4.50. The Labute approximate surface area is 156 Å². The summed E-state index contributed by atoms with van der Waals surface area (Å²) in [7, 11) is 0. The van der Waals surface area contributed by atoms with Gasteiger partial charge in [-0.1, -0.05) is 6.07 Å². The van der Waals surface area contributed by atoms with Crippen molar-refractivity contribution < 1.29 is 4.79 Å². The molecule has 0 unspecified atom stereocenters. The first-order valence-corrected chi connectivity index (χ1v) is 9.78. The van der Waals surface area contributed by atoms with E-state index in [0.29, 0.717) is 24.5 Å². The molecule has 0 atom stereocenters. The monoisotopic (exact) mass is 365 g/mol. The summed E-state index contributed by atoms with van der Waals surface area (Å²) in [5, 5.41) is 9.03. The molecule has 2 aliphatic heterocycles. The minimum Gasteiger partial charge on any atom is -0.317 e. The Bertz CT molecular complexity index is 1080. The highest BCUT2D eigenvalue weighted by atomic mass is 16.2. The van der Waals surface area contributed by atoms with Crippen molar-refractivity contribution in [2.45, 2.75) is 38.0 Å². The summed E-state index contributed by atoms with van der Waals surface area (Å²) in [5.74, 6) is 0.454. The molecule has 2 aliphatic rings. The molecule has 4 heterocycles. The summed E-state index contributed by atoms with van der Waals surface area (Å²) >= 11 is 0. The zero-order valence-corrected chi connectivity index (χ0v) is 15.2. The highest BCUT2D eigenvalue weighted by molar-refractivity contribution is 6.08. The lowest BCUT2D eigenvalue weighted by molar-refractivity contribution is -0.119. The van der Waals surface area contributed by atoms with Crippen LogP contribution in [0.4, 0.5) is 5.69 Å². The molecule has 0 radical (unpaired) electrons. The summed E-state index contributed by atoms with van der Waals surface area (Å²) in [6.45, 7) is 2.62. The van der Waals surface area contributed by atoms with E-state index in [4.69, 9.17) is 5.10 Å². The lowest BCUT2D eigenvalue weighted by Crippen LogP contribution is -2.35. The molecular weight excluding hydrogens is 342 g/mol. The Morgan fingerprint density at radius 2 is 1.96 bits per heavy atom. The molecule has 140 valence electrons. The molecule has 0 bridgehead atoms. The van der Waals surface area contributed by atoms with Gasteiger partial charge in [0, 0.05) is 24.9 Å². The van der Waals surface area contributed by atoms with Crippen LogP contribution in [0.15, 0.2) is 29.1 Å². The van der Waals surface area contributed by atoms with Gasteiger partial charge in [-0.25, -0.2) is 4.52 Å². The van der Waals surface area contributed by atoms with Crippen molar-refractivity contribution in [2.75, 3.05) is 24.5 Å². The number of piperidine rings is 2. The van der Waals surface area contributed by atoms with Crippen LogP contribution in [0.1, 0.15) is 43.7 Å². The second-order valence-electron chi connectivity index (χ2n) is 7.52. The number of carbonyl (C=O) groups is 1. The van der Waals surface area contributed by atoms with Gasteiger partial charge in [-0.15, -0.1) is 0 Å². The third-order valence-electron chi connectivity index (χ3n) is 5.81. The maximum atomic E-state index is 12.5. The Kier molecular flexibility index (Phi) is 3.97. The molecule has 27 heavy (non-hydrogen) atoms. The number of rotatable bonds is 2. The van der Waals surface area contributed by atoms with E-state index in [1.54, 1.807) is 6.07 Å².